The van der Waals surface area contributed by atoms with E-state index in [-0.39, 0.29) is 11.9 Å². The van der Waals surface area contributed by atoms with Crippen LogP contribution in [0, 0.1) is 0 Å². The van der Waals surface area contributed by atoms with Gasteiger partial charge in [-0.25, -0.2) is 4.79 Å². The summed E-state index contributed by atoms with van der Waals surface area (Å²) in [5.41, 5.74) is 0.944. The Morgan fingerprint density at radius 2 is 1.95 bits per heavy atom. The highest BCUT2D eigenvalue weighted by Gasteiger charge is 2.30. The van der Waals surface area contributed by atoms with Crippen LogP contribution in [0.25, 0.3) is 0 Å². The number of esters is 1. The van der Waals surface area contributed by atoms with Crippen molar-refractivity contribution in [3.8, 4) is 5.75 Å². The van der Waals surface area contributed by atoms with Crippen molar-refractivity contribution in [2.75, 3.05) is 14.2 Å². The molecule has 0 saturated carbocycles. The number of rotatable bonds is 4. The van der Waals surface area contributed by atoms with E-state index in [1.807, 2.05) is 30.3 Å². The lowest BCUT2D eigenvalue weighted by atomic mass is 10.1. The second-order valence-corrected chi connectivity index (χ2v) is 4.82. The van der Waals surface area contributed by atoms with Crippen LogP contribution in [-0.4, -0.2) is 37.0 Å². The third-order valence-corrected chi connectivity index (χ3v) is 3.50. The van der Waals surface area contributed by atoms with Crippen molar-refractivity contribution in [3.63, 3.8) is 0 Å². The maximum absolute atomic E-state index is 12.2. The molecule has 1 aliphatic heterocycles. The first kappa shape index (κ1) is 15.1. The molecule has 0 N–H and O–H groups in total. The fraction of sp³-hybridized carbons (Fsp3) is 0.375. The number of benzene rings is 1. The first-order chi connectivity index (χ1) is 10.2. The normalized spacial score (nSPS) is 18.3. The second-order valence-electron chi connectivity index (χ2n) is 4.82. The minimum absolute atomic E-state index is 0.0741. The Balaban J connectivity index is 2.19. The molecule has 1 aromatic carbocycles. The predicted molar refractivity (Wildman–Crippen MR) is 77.7 cm³/mol. The zero-order chi connectivity index (χ0) is 15.2. The van der Waals surface area contributed by atoms with E-state index in [0.29, 0.717) is 19.4 Å². The summed E-state index contributed by atoms with van der Waals surface area (Å²) in [7, 11) is 2.94. The Kier molecular flexibility index (Phi) is 4.98. The van der Waals surface area contributed by atoms with Crippen molar-refractivity contribution < 1.29 is 19.1 Å². The standard InChI is InChI=1S/C16H19NO4/c1-20-13-9-7-12(8-10-13)11-17-14(16(19)21-2)5-3-4-6-15(17)18/h3-4,7-10,14H,5-6,11H2,1-2H3/t14-/m1/s1. The van der Waals surface area contributed by atoms with Crippen LogP contribution in [0.3, 0.4) is 0 Å². The topological polar surface area (TPSA) is 55.8 Å². The van der Waals surface area contributed by atoms with Gasteiger partial charge in [0.1, 0.15) is 11.8 Å². The third kappa shape index (κ3) is 3.62. The second kappa shape index (κ2) is 6.92. The van der Waals surface area contributed by atoms with Gasteiger partial charge in [0.15, 0.2) is 0 Å². The molecule has 1 aromatic rings. The van der Waals surface area contributed by atoms with Crippen LogP contribution in [0.4, 0.5) is 0 Å². The van der Waals surface area contributed by atoms with E-state index in [0.717, 1.165) is 11.3 Å². The molecule has 5 heteroatoms. The molecular weight excluding hydrogens is 270 g/mol. The highest BCUT2D eigenvalue weighted by atomic mass is 16.5. The van der Waals surface area contributed by atoms with Crippen molar-refractivity contribution in [3.05, 3.63) is 42.0 Å². The molecule has 1 amide bonds. The zero-order valence-electron chi connectivity index (χ0n) is 12.2. The quantitative estimate of drug-likeness (QED) is 0.627. The van der Waals surface area contributed by atoms with Gasteiger partial charge in [-0.3, -0.25) is 4.79 Å². The third-order valence-electron chi connectivity index (χ3n) is 3.50. The number of carbonyl (C=O) groups excluding carboxylic acids is 2. The van der Waals surface area contributed by atoms with Crippen LogP contribution in [0.1, 0.15) is 18.4 Å². The molecule has 1 heterocycles. The number of nitrogens with zero attached hydrogens (tertiary/aromatic N) is 1. The van der Waals surface area contributed by atoms with Gasteiger partial charge in [-0.2, -0.15) is 0 Å². The molecule has 112 valence electrons. The van der Waals surface area contributed by atoms with E-state index >= 15 is 0 Å². The van der Waals surface area contributed by atoms with Crippen LogP contribution in [-0.2, 0) is 20.9 Å². The van der Waals surface area contributed by atoms with Crippen molar-refractivity contribution in [1.82, 2.24) is 4.90 Å². The van der Waals surface area contributed by atoms with E-state index < -0.39 is 6.04 Å². The van der Waals surface area contributed by atoms with Crippen molar-refractivity contribution >= 4 is 11.9 Å². The minimum Gasteiger partial charge on any atom is -0.497 e. The molecule has 1 atom stereocenters. The summed E-state index contributed by atoms with van der Waals surface area (Å²) < 4.78 is 9.92. The lowest BCUT2D eigenvalue weighted by molar-refractivity contribution is -0.152. The van der Waals surface area contributed by atoms with Crippen LogP contribution >= 0.6 is 0 Å². The lowest BCUT2D eigenvalue weighted by Crippen LogP contribution is -2.44. The summed E-state index contributed by atoms with van der Waals surface area (Å²) in [6, 6.07) is 6.88. The summed E-state index contributed by atoms with van der Waals surface area (Å²) in [6.45, 7) is 0.379. The SMILES string of the molecule is COC(=O)[C@H]1CC=CCC(=O)N1Cc1ccc(OC)cc1. The first-order valence-electron chi connectivity index (χ1n) is 6.81. The van der Waals surface area contributed by atoms with Crippen LogP contribution < -0.4 is 4.74 Å². The van der Waals surface area contributed by atoms with Gasteiger partial charge < -0.3 is 14.4 Å². The summed E-state index contributed by atoms with van der Waals surface area (Å²) in [5, 5.41) is 0. The Labute approximate surface area is 124 Å². The molecule has 0 fully saturated rings. The van der Waals surface area contributed by atoms with Crippen LogP contribution in [0.15, 0.2) is 36.4 Å². The molecule has 2 rings (SSSR count). The van der Waals surface area contributed by atoms with Gasteiger partial charge in [-0.15, -0.1) is 0 Å². The summed E-state index contributed by atoms with van der Waals surface area (Å²) in [6.07, 6.45) is 4.44. The average molecular weight is 289 g/mol. The Morgan fingerprint density at radius 3 is 2.57 bits per heavy atom. The van der Waals surface area contributed by atoms with Gasteiger partial charge in [-0.05, 0) is 24.1 Å². The summed E-state index contributed by atoms with van der Waals surface area (Å²) in [5.74, 6) is 0.297. The highest BCUT2D eigenvalue weighted by Crippen LogP contribution is 2.19. The number of methoxy groups -OCH3 is 2. The molecule has 0 saturated heterocycles. The Morgan fingerprint density at radius 1 is 1.24 bits per heavy atom. The van der Waals surface area contributed by atoms with Gasteiger partial charge in [0.2, 0.25) is 5.91 Å². The van der Waals surface area contributed by atoms with Crippen molar-refractivity contribution in [2.24, 2.45) is 0 Å². The largest absolute Gasteiger partial charge is 0.497 e. The Bertz CT molecular complexity index is 536. The fourth-order valence-electron chi connectivity index (χ4n) is 2.31. The molecule has 0 spiro atoms. The summed E-state index contributed by atoms with van der Waals surface area (Å²) >= 11 is 0. The maximum Gasteiger partial charge on any atom is 0.328 e. The van der Waals surface area contributed by atoms with E-state index in [4.69, 9.17) is 9.47 Å². The number of carbonyl (C=O) groups is 2. The Hall–Kier alpha value is -2.30. The molecule has 0 bridgehead atoms. The van der Waals surface area contributed by atoms with E-state index in [1.54, 1.807) is 18.1 Å². The molecule has 0 radical (unpaired) electrons. The highest BCUT2D eigenvalue weighted by molar-refractivity contribution is 5.86. The molecule has 0 unspecified atom stereocenters. The van der Waals surface area contributed by atoms with Gasteiger partial charge in [-0.1, -0.05) is 24.3 Å². The van der Waals surface area contributed by atoms with Gasteiger partial charge in [0, 0.05) is 13.0 Å². The van der Waals surface area contributed by atoms with Crippen LogP contribution in [0.2, 0.25) is 0 Å². The smallest absolute Gasteiger partial charge is 0.328 e. The van der Waals surface area contributed by atoms with E-state index in [9.17, 15) is 9.59 Å². The van der Waals surface area contributed by atoms with Crippen molar-refractivity contribution in [2.45, 2.75) is 25.4 Å². The van der Waals surface area contributed by atoms with Crippen molar-refractivity contribution in [1.29, 1.82) is 0 Å². The van der Waals surface area contributed by atoms with Crippen LogP contribution in [0.5, 0.6) is 5.75 Å². The molecular formula is C16H19NO4. The molecule has 0 aliphatic carbocycles. The minimum atomic E-state index is -0.566. The fourth-order valence-corrected chi connectivity index (χ4v) is 2.31. The molecule has 0 aromatic heterocycles. The van der Waals surface area contributed by atoms with E-state index in [1.165, 1.54) is 7.11 Å². The van der Waals surface area contributed by atoms with E-state index in [2.05, 4.69) is 0 Å². The number of hydrogen-bond donors (Lipinski definition) is 0. The molecule has 21 heavy (non-hydrogen) atoms. The monoisotopic (exact) mass is 289 g/mol. The average Bonchev–Trinajstić information content (AvgIpc) is 2.70. The number of hydrogen-bond acceptors (Lipinski definition) is 4. The first-order valence-corrected chi connectivity index (χ1v) is 6.81. The lowest BCUT2D eigenvalue weighted by Gasteiger charge is -2.28. The molecule has 5 nitrogen and oxygen atoms in total. The predicted octanol–water partition coefficient (Wildman–Crippen LogP) is 1.92. The number of amides is 1. The number of ether oxygens (including phenoxy) is 2. The maximum atomic E-state index is 12.2. The zero-order valence-corrected chi connectivity index (χ0v) is 12.2. The van der Waals surface area contributed by atoms with Gasteiger partial charge >= 0.3 is 5.97 Å². The molecule has 1 aliphatic rings. The van der Waals surface area contributed by atoms with Gasteiger partial charge in [0.25, 0.3) is 0 Å². The summed E-state index contributed by atoms with van der Waals surface area (Å²) in [4.78, 5) is 25.7. The van der Waals surface area contributed by atoms with Gasteiger partial charge in [0.05, 0.1) is 14.2 Å².